The third kappa shape index (κ3) is 2.56. The number of hydrogen-bond donors (Lipinski definition) is 1. The Labute approximate surface area is 131 Å². The van der Waals surface area contributed by atoms with E-state index in [1.165, 1.54) is 11.8 Å². The van der Waals surface area contributed by atoms with Crippen LogP contribution in [0.3, 0.4) is 0 Å². The van der Waals surface area contributed by atoms with Crippen LogP contribution in [0.5, 0.6) is 0 Å². The molecule has 0 radical (unpaired) electrons. The van der Waals surface area contributed by atoms with Crippen LogP contribution in [0.1, 0.15) is 19.7 Å². The highest BCUT2D eigenvalue weighted by molar-refractivity contribution is 5.92. The van der Waals surface area contributed by atoms with Crippen LogP contribution in [0.2, 0.25) is 0 Å². The molecule has 8 heteroatoms. The molecule has 2 N–H and O–H groups in total. The molecule has 2 aromatic rings. The average Bonchev–Trinajstić information content (AvgIpc) is 2.43. The smallest absolute Gasteiger partial charge is 0.186 e. The van der Waals surface area contributed by atoms with Crippen molar-refractivity contribution in [3.05, 3.63) is 23.3 Å². The molecule has 0 saturated carbocycles. The lowest BCUT2D eigenvalue weighted by molar-refractivity contribution is -0.00560. The summed E-state index contributed by atoms with van der Waals surface area (Å²) in [7, 11) is 0. The second-order valence-electron chi connectivity index (χ2n) is 5.83. The molecule has 1 aromatic carbocycles. The number of benzene rings is 1. The van der Waals surface area contributed by atoms with Crippen LogP contribution in [-0.2, 0) is 4.74 Å². The minimum Gasteiger partial charge on any atom is -0.383 e. The van der Waals surface area contributed by atoms with Crippen molar-refractivity contribution in [2.24, 2.45) is 0 Å². The third-order valence-electron chi connectivity index (χ3n) is 3.82. The van der Waals surface area contributed by atoms with Crippen LogP contribution >= 0.6 is 0 Å². The number of nitrogen functional groups attached to an aromatic ring is 1. The number of anilines is 2. The van der Waals surface area contributed by atoms with Gasteiger partial charge in [-0.3, -0.25) is 0 Å². The van der Waals surface area contributed by atoms with Gasteiger partial charge in [0.05, 0.1) is 17.6 Å². The Morgan fingerprint density at radius 3 is 2.26 bits per heavy atom. The van der Waals surface area contributed by atoms with E-state index in [0.717, 1.165) is 0 Å². The predicted octanol–water partition coefficient (Wildman–Crippen LogP) is 2.55. The van der Waals surface area contributed by atoms with Gasteiger partial charge < -0.3 is 15.4 Å². The molecule has 124 valence electrons. The molecule has 1 saturated heterocycles. The first-order valence-electron chi connectivity index (χ1n) is 7.30. The highest BCUT2D eigenvalue weighted by Gasteiger charge is 2.31. The average molecular weight is 326 g/mol. The van der Waals surface area contributed by atoms with Crippen molar-refractivity contribution in [3.8, 4) is 0 Å². The Hall–Kier alpha value is -2.09. The standard InChI is InChI=1S/C15H17F3N4O/c1-6-4-22(5-7(2)23-6)14-11(17)10(16)9-13(12(14)18)20-8(3)21-15(9)19/h6-7H,4-5H2,1-3H3,(H2,19,20,21)/t6-,7+. The minimum atomic E-state index is -1.28. The zero-order valence-electron chi connectivity index (χ0n) is 13.0. The number of nitrogens with two attached hydrogens (primary N) is 1. The molecular formula is C15H17F3N4O. The van der Waals surface area contributed by atoms with E-state index < -0.39 is 28.5 Å². The van der Waals surface area contributed by atoms with Crippen molar-refractivity contribution in [1.82, 2.24) is 9.97 Å². The summed E-state index contributed by atoms with van der Waals surface area (Å²) in [6.45, 7) is 5.60. The number of aromatic nitrogens is 2. The highest BCUT2D eigenvalue weighted by atomic mass is 19.2. The zero-order valence-corrected chi connectivity index (χ0v) is 13.0. The van der Waals surface area contributed by atoms with Crippen molar-refractivity contribution < 1.29 is 17.9 Å². The maximum absolute atomic E-state index is 14.9. The topological polar surface area (TPSA) is 64.3 Å². The van der Waals surface area contributed by atoms with Crippen LogP contribution < -0.4 is 10.6 Å². The summed E-state index contributed by atoms with van der Waals surface area (Å²) in [6.07, 6.45) is -0.456. The van der Waals surface area contributed by atoms with Crippen LogP contribution in [0.25, 0.3) is 10.9 Å². The molecule has 2 heterocycles. The van der Waals surface area contributed by atoms with Gasteiger partial charge in [0.15, 0.2) is 17.5 Å². The van der Waals surface area contributed by atoms with E-state index in [1.807, 2.05) is 0 Å². The number of aryl methyl sites for hydroxylation is 1. The monoisotopic (exact) mass is 326 g/mol. The molecule has 0 bridgehead atoms. The molecule has 5 nitrogen and oxygen atoms in total. The zero-order chi connectivity index (χ0) is 16.9. The molecule has 0 aliphatic carbocycles. The van der Waals surface area contributed by atoms with Crippen molar-refractivity contribution in [2.75, 3.05) is 23.7 Å². The number of ether oxygens (including phenoxy) is 1. The Morgan fingerprint density at radius 2 is 1.65 bits per heavy atom. The summed E-state index contributed by atoms with van der Waals surface area (Å²) in [5.41, 5.74) is 4.87. The minimum absolute atomic E-state index is 0.189. The van der Waals surface area contributed by atoms with Gasteiger partial charge in [-0.2, -0.15) is 0 Å². The lowest BCUT2D eigenvalue weighted by Gasteiger charge is -2.37. The van der Waals surface area contributed by atoms with Gasteiger partial charge in [0.25, 0.3) is 0 Å². The van der Waals surface area contributed by atoms with Gasteiger partial charge in [-0.25, -0.2) is 23.1 Å². The van der Waals surface area contributed by atoms with E-state index in [1.54, 1.807) is 13.8 Å². The summed E-state index contributed by atoms with van der Waals surface area (Å²) in [6, 6.07) is 0. The van der Waals surface area contributed by atoms with Gasteiger partial charge in [0.2, 0.25) is 0 Å². The molecule has 1 aliphatic heterocycles. The fraction of sp³-hybridized carbons (Fsp3) is 0.467. The Kier molecular flexibility index (Phi) is 3.79. The fourth-order valence-corrected chi connectivity index (χ4v) is 3.03. The van der Waals surface area contributed by atoms with Crippen LogP contribution in [0.15, 0.2) is 0 Å². The van der Waals surface area contributed by atoms with Crippen molar-refractivity contribution in [2.45, 2.75) is 33.0 Å². The van der Waals surface area contributed by atoms with Gasteiger partial charge in [-0.1, -0.05) is 0 Å². The summed E-state index contributed by atoms with van der Waals surface area (Å²) in [5, 5.41) is -0.427. The van der Waals surface area contributed by atoms with Crippen LogP contribution in [0, 0.1) is 24.4 Å². The molecule has 3 rings (SSSR count). The lowest BCUT2D eigenvalue weighted by atomic mass is 10.1. The largest absolute Gasteiger partial charge is 0.383 e. The van der Waals surface area contributed by atoms with E-state index >= 15 is 0 Å². The van der Waals surface area contributed by atoms with Gasteiger partial charge >= 0.3 is 0 Å². The van der Waals surface area contributed by atoms with E-state index in [0.29, 0.717) is 0 Å². The van der Waals surface area contributed by atoms with Gasteiger partial charge in [0.1, 0.15) is 22.8 Å². The van der Waals surface area contributed by atoms with Crippen LogP contribution in [-0.4, -0.2) is 35.3 Å². The number of morpholine rings is 1. The molecule has 1 aromatic heterocycles. The highest BCUT2D eigenvalue weighted by Crippen LogP contribution is 2.35. The van der Waals surface area contributed by atoms with E-state index in [4.69, 9.17) is 10.5 Å². The van der Waals surface area contributed by atoms with Crippen molar-refractivity contribution >= 4 is 22.4 Å². The Bertz CT molecular complexity index is 773. The molecule has 1 aliphatic rings. The molecule has 0 amide bonds. The van der Waals surface area contributed by atoms with Crippen molar-refractivity contribution in [1.29, 1.82) is 0 Å². The number of hydrogen-bond acceptors (Lipinski definition) is 5. The Balaban J connectivity index is 2.25. The first kappa shape index (κ1) is 15.8. The summed E-state index contributed by atoms with van der Waals surface area (Å²) in [4.78, 5) is 9.12. The predicted molar refractivity (Wildman–Crippen MR) is 80.8 cm³/mol. The summed E-state index contributed by atoms with van der Waals surface area (Å²) >= 11 is 0. The SMILES string of the molecule is Cc1nc(N)c2c(F)c(F)c(N3C[C@@H](C)O[C@@H](C)C3)c(F)c2n1. The number of rotatable bonds is 1. The molecular weight excluding hydrogens is 309 g/mol. The lowest BCUT2D eigenvalue weighted by Crippen LogP contribution is -2.46. The van der Waals surface area contributed by atoms with Crippen LogP contribution in [0.4, 0.5) is 24.7 Å². The first-order chi connectivity index (χ1) is 10.8. The fourth-order valence-electron chi connectivity index (χ4n) is 3.03. The molecule has 2 atom stereocenters. The molecule has 1 fully saturated rings. The number of fused-ring (bicyclic) bond motifs is 1. The Morgan fingerprint density at radius 1 is 1.04 bits per heavy atom. The molecule has 23 heavy (non-hydrogen) atoms. The molecule has 0 unspecified atom stereocenters. The van der Waals surface area contributed by atoms with E-state index in [-0.39, 0.29) is 42.5 Å². The normalized spacial score (nSPS) is 21.9. The molecule has 0 spiro atoms. The summed E-state index contributed by atoms with van der Waals surface area (Å²) < 4.78 is 49.3. The van der Waals surface area contributed by atoms with Crippen molar-refractivity contribution in [3.63, 3.8) is 0 Å². The van der Waals surface area contributed by atoms with E-state index in [2.05, 4.69) is 9.97 Å². The maximum Gasteiger partial charge on any atom is 0.186 e. The van der Waals surface area contributed by atoms with Gasteiger partial charge in [-0.15, -0.1) is 0 Å². The van der Waals surface area contributed by atoms with Gasteiger partial charge in [-0.05, 0) is 20.8 Å². The van der Waals surface area contributed by atoms with Gasteiger partial charge in [0, 0.05) is 13.1 Å². The summed E-state index contributed by atoms with van der Waals surface area (Å²) in [5.74, 6) is -3.54. The number of halogens is 3. The quantitative estimate of drug-likeness (QED) is 0.816. The maximum atomic E-state index is 14.9. The second kappa shape index (κ2) is 5.52. The first-order valence-corrected chi connectivity index (χ1v) is 7.30. The third-order valence-corrected chi connectivity index (χ3v) is 3.82. The number of nitrogens with zero attached hydrogens (tertiary/aromatic N) is 3. The second-order valence-corrected chi connectivity index (χ2v) is 5.83. The van der Waals surface area contributed by atoms with E-state index in [9.17, 15) is 13.2 Å².